The molecule has 0 aliphatic rings. The van der Waals surface area contributed by atoms with Crippen LogP contribution >= 0.6 is 0 Å². The third-order valence-electron chi connectivity index (χ3n) is 2.17. The van der Waals surface area contributed by atoms with E-state index in [4.69, 9.17) is 4.52 Å². The van der Waals surface area contributed by atoms with Gasteiger partial charge in [-0.1, -0.05) is 25.1 Å². The van der Waals surface area contributed by atoms with Crippen molar-refractivity contribution < 1.29 is 4.52 Å². The Bertz CT molecular complexity index is 320. The molecule has 0 radical (unpaired) electrons. The molecule has 1 heterocycles. The summed E-state index contributed by atoms with van der Waals surface area (Å²) in [5.74, 6) is 0.893. The zero-order valence-corrected chi connectivity index (χ0v) is 10.4. The minimum Gasteiger partial charge on any atom is -0.360 e. The molecule has 1 N–H and O–H groups in total. The lowest BCUT2D eigenvalue weighted by atomic mass is 10.3. The lowest BCUT2D eigenvalue weighted by Gasteiger charge is -2.10. The lowest BCUT2D eigenvalue weighted by Crippen LogP contribution is -2.21. The maximum atomic E-state index is 5.25. The molecule has 0 aliphatic heterocycles. The number of rotatable bonds is 7. The second-order valence-electron chi connectivity index (χ2n) is 4.31. The predicted octanol–water partition coefficient (Wildman–Crippen LogP) is 1.79. The van der Waals surface area contributed by atoms with E-state index in [0.717, 1.165) is 31.1 Å². The fraction of sp³-hybridized carbons (Fsp3) is 0.583. The average Bonchev–Trinajstić information content (AvgIpc) is 2.63. The van der Waals surface area contributed by atoms with E-state index in [1.54, 1.807) is 0 Å². The topological polar surface area (TPSA) is 41.3 Å². The van der Waals surface area contributed by atoms with Gasteiger partial charge in [0.2, 0.25) is 0 Å². The molecule has 16 heavy (non-hydrogen) atoms. The first kappa shape index (κ1) is 12.9. The van der Waals surface area contributed by atoms with Crippen molar-refractivity contribution in [3.8, 4) is 0 Å². The van der Waals surface area contributed by atoms with E-state index in [-0.39, 0.29) is 0 Å². The van der Waals surface area contributed by atoms with Crippen molar-refractivity contribution in [3.05, 3.63) is 30.2 Å². The second-order valence-corrected chi connectivity index (χ2v) is 4.31. The first-order valence-corrected chi connectivity index (χ1v) is 5.59. The summed E-state index contributed by atoms with van der Waals surface area (Å²) in [5, 5.41) is 7.31. The predicted molar refractivity (Wildman–Crippen MR) is 65.0 cm³/mol. The van der Waals surface area contributed by atoms with Crippen LogP contribution in [0.3, 0.4) is 0 Å². The molecule has 1 rings (SSSR count). The number of hydrogen-bond donors (Lipinski definition) is 1. The third-order valence-corrected chi connectivity index (χ3v) is 2.17. The van der Waals surface area contributed by atoms with Crippen molar-refractivity contribution in [2.24, 2.45) is 0 Å². The van der Waals surface area contributed by atoms with Gasteiger partial charge in [-0.25, -0.2) is 0 Å². The van der Waals surface area contributed by atoms with Crippen LogP contribution in [0.5, 0.6) is 0 Å². The van der Waals surface area contributed by atoms with E-state index < -0.39 is 0 Å². The van der Waals surface area contributed by atoms with Gasteiger partial charge in [-0.05, 0) is 7.05 Å². The minimum absolute atomic E-state index is 0.462. The molecular formula is C12H21N3O. The summed E-state index contributed by atoms with van der Waals surface area (Å²) < 4.78 is 5.25. The average molecular weight is 223 g/mol. The summed E-state index contributed by atoms with van der Waals surface area (Å²) in [6, 6.07) is 2.46. The molecule has 0 saturated heterocycles. The fourth-order valence-corrected chi connectivity index (χ4v) is 1.37. The van der Waals surface area contributed by atoms with E-state index in [9.17, 15) is 0 Å². The molecule has 0 atom stereocenters. The molecule has 0 amide bonds. The Balaban J connectivity index is 2.41. The summed E-state index contributed by atoms with van der Waals surface area (Å²) in [6.07, 6.45) is 1.87. The molecule has 0 aliphatic carbocycles. The third kappa shape index (κ3) is 4.59. The minimum atomic E-state index is 0.462. The Morgan fingerprint density at radius 3 is 3.00 bits per heavy atom. The zero-order chi connectivity index (χ0) is 12.0. The molecule has 0 saturated carbocycles. The van der Waals surface area contributed by atoms with Crippen molar-refractivity contribution in [1.29, 1.82) is 0 Å². The number of likely N-dealkylation sites (N-methyl/N-ethyl adjacent to an activating group) is 1. The summed E-state index contributed by atoms with van der Waals surface area (Å²) in [7, 11) is 2.02. The van der Waals surface area contributed by atoms with Crippen LogP contribution < -0.4 is 5.32 Å². The van der Waals surface area contributed by atoms with Crippen LogP contribution in [-0.4, -0.2) is 29.7 Å². The lowest BCUT2D eigenvalue weighted by molar-refractivity contribution is 0.290. The largest absolute Gasteiger partial charge is 0.360 e. The highest BCUT2D eigenvalue weighted by Crippen LogP contribution is 2.06. The Morgan fingerprint density at radius 1 is 1.62 bits per heavy atom. The quantitative estimate of drug-likeness (QED) is 0.716. The molecule has 0 spiro atoms. The maximum absolute atomic E-state index is 5.25. The van der Waals surface area contributed by atoms with Gasteiger partial charge in [-0.3, -0.25) is 4.90 Å². The molecule has 4 nitrogen and oxygen atoms in total. The first-order valence-electron chi connectivity index (χ1n) is 5.59. The number of nitrogens with zero attached hydrogens (tertiary/aromatic N) is 2. The second kappa shape index (κ2) is 6.45. The van der Waals surface area contributed by atoms with Gasteiger partial charge in [-0.2, -0.15) is 0 Å². The van der Waals surface area contributed by atoms with Gasteiger partial charge in [0, 0.05) is 25.2 Å². The van der Waals surface area contributed by atoms with Crippen molar-refractivity contribution in [3.63, 3.8) is 0 Å². The fourth-order valence-electron chi connectivity index (χ4n) is 1.37. The van der Waals surface area contributed by atoms with Crippen molar-refractivity contribution in [2.75, 3.05) is 13.6 Å². The van der Waals surface area contributed by atoms with Crippen molar-refractivity contribution >= 4 is 0 Å². The van der Waals surface area contributed by atoms with Crippen LogP contribution in [0.25, 0.3) is 0 Å². The number of nitrogens with one attached hydrogen (secondary N) is 1. The molecule has 0 bridgehead atoms. The zero-order valence-electron chi connectivity index (χ0n) is 10.4. The highest BCUT2D eigenvalue weighted by Gasteiger charge is 2.06. The van der Waals surface area contributed by atoms with Gasteiger partial charge in [0.05, 0.1) is 12.2 Å². The molecule has 0 fully saturated rings. The monoisotopic (exact) mass is 223 g/mol. The van der Waals surface area contributed by atoms with E-state index >= 15 is 0 Å². The molecule has 1 aromatic rings. The Hall–Kier alpha value is -1.13. The normalized spacial score (nSPS) is 11.3. The van der Waals surface area contributed by atoms with E-state index in [2.05, 4.69) is 35.8 Å². The van der Waals surface area contributed by atoms with Crippen LogP contribution in [0.4, 0.5) is 0 Å². The van der Waals surface area contributed by atoms with Gasteiger partial charge in [0.1, 0.15) is 0 Å². The molecule has 1 aromatic heterocycles. The summed E-state index contributed by atoms with van der Waals surface area (Å²) >= 11 is 0. The number of hydrogen-bond acceptors (Lipinski definition) is 4. The Labute approximate surface area is 97.3 Å². The van der Waals surface area contributed by atoms with E-state index in [0.29, 0.717) is 6.04 Å². The van der Waals surface area contributed by atoms with Gasteiger partial charge >= 0.3 is 0 Å². The molecule has 0 aromatic carbocycles. The van der Waals surface area contributed by atoms with Gasteiger partial charge in [0.15, 0.2) is 5.76 Å². The van der Waals surface area contributed by atoms with Crippen LogP contribution in [0.15, 0.2) is 23.2 Å². The van der Waals surface area contributed by atoms with Crippen LogP contribution in [0.1, 0.15) is 25.3 Å². The molecular weight excluding hydrogens is 202 g/mol. The Kier molecular flexibility index (Phi) is 5.22. The van der Waals surface area contributed by atoms with E-state index in [1.165, 1.54) is 0 Å². The SMILES string of the molecule is C=CCN(C)Cc1cc(CNC(C)C)no1. The molecule has 4 heteroatoms. The maximum Gasteiger partial charge on any atom is 0.151 e. The summed E-state index contributed by atoms with van der Waals surface area (Å²) in [4.78, 5) is 2.12. The highest BCUT2D eigenvalue weighted by molar-refractivity contribution is 5.05. The molecule has 90 valence electrons. The van der Waals surface area contributed by atoms with Gasteiger partial charge in [0.25, 0.3) is 0 Å². The van der Waals surface area contributed by atoms with Gasteiger partial charge < -0.3 is 9.84 Å². The van der Waals surface area contributed by atoms with Crippen LogP contribution in [0, 0.1) is 0 Å². The summed E-state index contributed by atoms with van der Waals surface area (Å²) in [6.45, 7) is 10.3. The van der Waals surface area contributed by atoms with Crippen LogP contribution in [0.2, 0.25) is 0 Å². The van der Waals surface area contributed by atoms with E-state index in [1.807, 2.05) is 19.2 Å². The van der Waals surface area contributed by atoms with Crippen molar-refractivity contribution in [2.45, 2.75) is 33.0 Å². The smallest absolute Gasteiger partial charge is 0.151 e. The van der Waals surface area contributed by atoms with Crippen molar-refractivity contribution in [1.82, 2.24) is 15.4 Å². The standard InChI is InChI=1S/C12H21N3O/c1-5-6-15(4)9-12-7-11(14-16-12)8-13-10(2)3/h5,7,10,13H,1,6,8-9H2,2-4H3. The van der Waals surface area contributed by atoms with Gasteiger partial charge in [-0.15, -0.1) is 6.58 Å². The number of aromatic nitrogens is 1. The first-order chi connectivity index (χ1) is 7.61. The summed E-state index contributed by atoms with van der Waals surface area (Å²) in [5.41, 5.74) is 0.954. The Morgan fingerprint density at radius 2 is 2.38 bits per heavy atom. The highest BCUT2D eigenvalue weighted by atomic mass is 16.5. The molecule has 0 unspecified atom stereocenters. The van der Waals surface area contributed by atoms with Crippen LogP contribution in [-0.2, 0) is 13.1 Å².